The van der Waals surface area contributed by atoms with Crippen molar-refractivity contribution in [2.45, 2.75) is 24.2 Å². The molecule has 0 amide bonds. The van der Waals surface area contributed by atoms with Gasteiger partial charge in [0.1, 0.15) is 0 Å². The van der Waals surface area contributed by atoms with E-state index in [-0.39, 0.29) is 6.54 Å². The summed E-state index contributed by atoms with van der Waals surface area (Å²) in [4.78, 5) is 9.58. The van der Waals surface area contributed by atoms with Gasteiger partial charge in [-0.25, -0.2) is 9.97 Å². The van der Waals surface area contributed by atoms with E-state index in [2.05, 4.69) is 9.97 Å². The molecule has 0 aliphatic carbocycles. The zero-order valence-corrected chi connectivity index (χ0v) is 9.24. The van der Waals surface area contributed by atoms with Crippen LogP contribution < -0.4 is 5.73 Å². The summed E-state index contributed by atoms with van der Waals surface area (Å²) in [6.07, 6.45) is 2.50. The number of rotatable bonds is 3. The fraction of sp³-hybridized carbons (Fsp3) is 0.556. The van der Waals surface area contributed by atoms with Crippen LogP contribution >= 0.6 is 23.4 Å². The third-order valence-corrected chi connectivity index (χ3v) is 3.47. The van der Waals surface area contributed by atoms with Crippen LogP contribution in [-0.4, -0.2) is 22.3 Å². The minimum atomic E-state index is 0.195. The van der Waals surface area contributed by atoms with Crippen LogP contribution in [0.3, 0.4) is 0 Å². The van der Waals surface area contributed by atoms with Crippen molar-refractivity contribution in [3.8, 4) is 0 Å². The minimum absolute atomic E-state index is 0.195. The molecular weight excluding hydrogens is 218 g/mol. The summed E-state index contributed by atoms with van der Waals surface area (Å²) in [5.74, 6) is 1.07. The molecule has 3 nitrogen and oxygen atoms in total. The van der Waals surface area contributed by atoms with E-state index in [1.54, 1.807) is 11.8 Å². The molecule has 14 heavy (non-hydrogen) atoms. The first kappa shape index (κ1) is 10.2. The Labute approximate surface area is 92.5 Å². The normalized spacial score (nSPS) is 14.4. The fourth-order valence-corrected chi connectivity index (χ4v) is 2.85. The molecule has 1 aromatic heterocycles. The predicted octanol–water partition coefficient (Wildman–Crippen LogP) is 1.78. The molecule has 1 aliphatic heterocycles. The van der Waals surface area contributed by atoms with Crippen LogP contribution in [0.15, 0.2) is 4.90 Å². The molecule has 2 radical (unpaired) electrons. The lowest BCUT2D eigenvalue weighted by Gasteiger charge is -2.05. The molecule has 2 rings (SSSR count). The van der Waals surface area contributed by atoms with Gasteiger partial charge in [0.25, 0.3) is 0 Å². The van der Waals surface area contributed by atoms with E-state index >= 15 is 0 Å². The van der Waals surface area contributed by atoms with Crippen molar-refractivity contribution < 1.29 is 0 Å². The molecule has 0 saturated heterocycles. The Balaban J connectivity index is 2.29. The quantitative estimate of drug-likeness (QED) is 0.740. The number of hydrogen-bond acceptors (Lipinski definition) is 3. The lowest BCUT2D eigenvalue weighted by atomic mass is 10.2. The Bertz CT molecular complexity index is 343. The summed E-state index contributed by atoms with van der Waals surface area (Å²) in [7, 11) is 0. The summed E-state index contributed by atoms with van der Waals surface area (Å²) in [6.45, 7) is 0.195. The third kappa shape index (κ3) is 2.02. The van der Waals surface area contributed by atoms with Crippen LogP contribution in [0.25, 0.3) is 0 Å². The molecule has 0 bridgehead atoms. The fourth-order valence-electron chi connectivity index (χ4n) is 1.52. The van der Waals surface area contributed by atoms with Gasteiger partial charge in [0.2, 0.25) is 5.28 Å². The average Bonchev–Trinajstić information content (AvgIpc) is 2.61. The summed E-state index contributed by atoms with van der Waals surface area (Å²) in [6, 6.07) is 0. The summed E-state index contributed by atoms with van der Waals surface area (Å²) >= 11 is 7.60. The summed E-state index contributed by atoms with van der Waals surface area (Å²) in [5.41, 5.74) is 10.8. The maximum Gasteiger partial charge on any atom is 0.222 e. The SMILES string of the molecule is [N]CCCc1nc(Cl)nc2c1SCC2. The first-order valence-corrected chi connectivity index (χ1v) is 5.96. The van der Waals surface area contributed by atoms with E-state index in [0.717, 1.165) is 36.4 Å². The smallest absolute Gasteiger partial charge is 0.222 e. The van der Waals surface area contributed by atoms with Crippen molar-refractivity contribution in [3.63, 3.8) is 0 Å². The highest BCUT2D eigenvalue weighted by atomic mass is 35.5. The standard InChI is InChI=1S/C9H10ClN3S/c10-9-12-6(2-1-4-11)8-7(13-9)3-5-14-8/h1-5H2. The molecule has 1 aliphatic rings. The van der Waals surface area contributed by atoms with Gasteiger partial charge in [-0.05, 0) is 24.4 Å². The van der Waals surface area contributed by atoms with E-state index in [0.29, 0.717) is 5.28 Å². The molecule has 0 atom stereocenters. The van der Waals surface area contributed by atoms with Gasteiger partial charge in [-0.1, -0.05) is 0 Å². The Kier molecular flexibility index (Phi) is 3.26. The Morgan fingerprint density at radius 3 is 3.07 bits per heavy atom. The van der Waals surface area contributed by atoms with E-state index in [1.807, 2.05) is 0 Å². The van der Waals surface area contributed by atoms with Crippen molar-refractivity contribution in [1.82, 2.24) is 15.7 Å². The minimum Gasteiger partial charge on any atom is -0.222 e. The van der Waals surface area contributed by atoms with Crippen molar-refractivity contribution in [1.29, 1.82) is 0 Å². The molecule has 74 valence electrons. The lowest BCUT2D eigenvalue weighted by molar-refractivity contribution is 0.768. The highest BCUT2D eigenvalue weighted by molar-refractivity contribution is 7.99. The zero-order chi connectivity index (χ0) is 9.97. The Morgan fingerprint density at radius 1 is 1.43 bits per heavy atom. The van der Waals surface area contributed by atoms with Crippen molar-refractivity contribution in [3.05, 3.63) is 16.7 Å². The van der Waals surface area contributed by atoms with Crippen LogP contribution in [0.4, 0.5) is 0 Å². The number of hydrogen-bond donors (Lipinski definition) is 0. The number of halogens is 1. The second-order valence-corrected chi connectivity index (χ2v) is 4.58. The summed E-state index contributed by atoms with van der Waals surface area (Å²) in [5, 5.41) is 0.333. The van der Waals surface area contributed by atoms with E-state index < -0.39 is 0 Å². The van der Waals surface area contributed by atoms with Crippen molar-refractivity contribution in [2.75, 3.05) is 12.3 Å². The number of aryl methyl sites for hydroxylation is 2. The van der Waals surface area contributed by atoms with E-state index in [1.165, 1.54) is 4.90 Å². The molecule has 2 heterocycles. The molecule has 0 fully saturated rings. The van der Waals surface area contributed by atoms with Gasteiger partial charge in [0, 0.05) is 18.7 Å². The number of thioether (sulfide) groups is 1. The molecule has 0 aromatic carbocycles. The predicted molar refractivity (Wildman–Crippen MR) is 56.8 cm³/mol. The molecule has 5 heteroatoms. The van der Waals surface area contributed by atoms with Crippen LogP contribution in [0.5, 0.6) is 0 Å². The summed E-state index contributed by atoms with van der Waals surface area (Å²) < 4.78 is 0. The van der Waals surface area contributed by atoms with E-state index in [9.17, 15) is 0 Å². The van der Waals surface area contributed by atoms with Crippen LogP contribution in [0.2, 0.25) is 5.28 Å². The van der Waals surface area contributed by atoms with Crippen LogP contribution in [-0.2, 0) is 12.8 Å². The number of nitrogens with zero attached hydrogens (tertiary/aromatic N) is 3. The highest BCUT2D eigenvalue weighted by Gasteiger charge is 2.18. The number of fused-ring (bicyclic) bond motifs is 1. The van der Waals surface area contributed by atoms with Crippen molar-refractivity contribution >= 4 is 23.4 Å². The Morgan fingerprint density at radius 2 is 2.29 bits per heavy atom. The third-order valence-electron chi connectivity index (χ3n) is 2.14. The monoisotopic (exact) mass is 227 g/mol. The van der Waals surface area contributed by atoms with Crippen LogP contribution in [0.1, 0.15) is 17.8 Å². The second kappa shape index (κ2) is 4.47. The zero-order valence-electron chi connectivity index (χ0n) is 7.66. The second-order valence-electron chi connectivity index (χ2n) is 3.14. The molecule has 0 N–H and O–H groups in total. The highest BCUT2D eigenvalue weighted by Crippen LogP contribution is 2.33. The van der Waals surface area contributed by atoms with Gasteiger partial charge in [0.15, 0.2) is 0 Å². The van der Waals surface area contributed by atoms with Gasteiger partial charge in [-0.15, -0.1) is 17.5 Å². The molecule has 0 saturated carbocycles. The topological polar surface area (TPSA) is 48.1 Å². The maximum atomic E-state index is 8.76. The number of aromatic nitrogens is 2. The molecule has 0 unspecified atom stereocenters. The average molecular weight is 228 g/mol. The molecular formula is C9H10ClN3S. The van der Waals surface area contributed by atoms with Crippen molar-refractivity contribution in [2.24, 2.45) is 0 Å². The van der Waals surface area contributed by atoms with Gasteiger partial charge >= 0.3 is 0 Å². The lowest BCUT2D eigenvalue weighted by Crippen LogP contribution is -2.00. The van der Waals surface area contributed by atoms with Gasteiger partial charge in [-0.3, -0.25) is 0 Å². The Hall–Kier alpha value is -0.320. The van der Waals surface area contributed by atoms with Gasteiger partial charge < -0.3 is 0 Å². The first-order valence-electron chi connectivity index (χ1n) is 4.60. The maximum absolute atomic E-state index is 8.76. The van der Waals surface area contributed by atoms with Gasteiger partial charge in [0.05, 0.1) is 16.3 Å². The van der Waals surface area contributed by atoms with Gasteiger partial charge in [-0.2, -0.15) is 0 Å². The molecule has 0 spiro atoms. The van der Waals surface area contributed by atoms with Crippen LogP contribution in [0, 0.1) is 0 Å². The van der Waals surface area contributed by atoms with E-state index in [4.69, 9.17) is 17.3 Å². The molecule has 1 aromatic rings. The largest absolute Gasteiger partial charge is 0.222 e. The first-order chi connectivity index (χ1) is 6.81.